The van der Waals surface area contributed by atoms with E-state index in [1.165, 1.54) is 0 Å². The first-order valence-electron chi connectivity index (χ1n) is 4.78. The Hall–Kier alpha value is -0.990. The third-order valence-corrected chi connectivity index (χ3v) is 2.36. The van der Waals surface area contributed by atoms with Gasteiger partial charge >= 0.3 is 5.97 Å². The number of cyclic esters (lactones) is 1. The molecule has 1 rings (SSSR count). The topological polar surface area (TPSA) is 38.3 Å². The van der Waals surface area contributed by atoms with Crippen molar-refractivity contribution >= 4 is 5.97 Å². The number of esters is 1. The molecule has 0 aromatic heterocycles. The summed E-state index contributed by atoms with van der Waals surface area (Å²) < 4.78 is 4.87. The van der Waals surface area contributed by atoms with E-state index in [-0.39, 0.29) is 5.97 Å². The van der Waals surface area contributed by atoms with Gasteiger partial charge in [0, 0.05) is 18.2 Å². The third-order valence-electron chi connectivity index (χ3n) is 2.36. The van der Waals surface area contributed by atoms with Crippen LogP contribution < -0.4 is 5.32 Å². The number of allylic oxidation sites excluding steroid dienone is 1. The molecule has 1 atom stereocenters. The molecular weight excluding hydrogens is 166 g/mol. The van der Waals surface area contributed by atoms with Crippen LogP contribution in [0.1, 0.15) is 33.6 Å². The van der Waals surface area contributed by atoms with Crippen LogP contribution in [-0.2, 0) is 9.53 Å². The second-order valence-electron chi connectivity index (χ2n) is 3.44. The van der Waals surface area contributed by atoms with Crippen molar-refractivity contribution in [2.75, 3.05) is 6.61 Å². The lowest BCUT2D eigenvalue weighted by Gasteiger charge is -2.14. The molecule has 13 heavy (non-hydrogen) atoms. The third kappa shape index (κ3) is 2.47. The van der Waals surface area contributed by atoms with Gasteiger partial charge in [0.25, 0.3) is 0 Å². The van der Waals surface area contributed by atoms with Crippen molar-refractivity contribution in [1.82, 2.24) is 5.32 Å². The van der Waals surface area contributed by atoms with Crippen LogP contribution in [0.25, 0.3) is 0 Å². The summed E-state index contributed by atoms with van der Waals surface area (Å²) in [4.78, 5) is 11.2. The number of nitrogens with one attached hydrogen (secondary N) is 1. The maximum Gasteiger partial charge on any atom is 0.335 e. The molecule has 0 bridgehead atoms. The standard InChI is InChI=1S/C10H17NO2/c1-4-7(2)11-8(3)9-5-6-13-10(9)12/h7,11H,4-6H2,1-3H3/b9-8-. The molecule has 0 saturated carbocycles. The molecule has 0 aromatic rings. The predicted octanol–water partition coefficient (Wildman–Crippen LogP) is 1.60. The Labute approximate surface area is 79.2 Å². The van der Waals surface area contributed by atoms with E-state index in [4.69, 9.17) is 4.74 Å². The van der Waals surface area contributed by atoms with Gasteiger partial charge in [-0.05, 0) is 20.3 Å². The van der Waals surface area contributed by atoms with E-state index in [9.17, 15) is 4.79 Å². The Morgan fingerprint density at radius 3 is 2.85 bits per heavy atom. The molecule has 0 aromatic carbocycles. The van der Waals surface area contributed by atoms with Crippen molar-refractivity contribution in [3.05, 3.63) is 11.3 Å². The summed E-state index contributed by atoms with van der Waals surface area (Å²) in [6, 6.07) is 0.417. The number of hydrogen-bond acceptors (Lipinski definition) is 3. The van der Waals surface area contributed by atoms with Crippen LogP contribution in [-0.4, -0.2) is 18.6 Å². The van der Waals surface area contributed by atoms with Gasteiger partial charge in [0.2, 0.25) is 0 Å². The minimum Gasteiger partial charge on any atom is -0.462 e. The Balaban J connectivity index is 2.62. The molecule has 1 N–H and O–H groups in total. The fraction of sp³-hybridized carbons (Fsp3) is 0.700. The van der Waals surface area contributed by atoms with Gasteiger partial charge in [-0.1, -0.05) is 6.92 Å². The van der Waals surface area contributed by atoms with Gasteiger partial charge in [-0.15, -0.1) is 0 Å². The second kappa shape index (κ2) is 4.30. The van der Waals surface area contributed by atoms with Gasteiger partial charge in [-0.2, -0.15) is 0 Å². The smallest absolute Gasteiger partial charge is 0.335 e. The lowest BCUT2D eigenvalue weighted by Crippen LogP contribution is -2.24. The number of ether oxygens (including phenoxy) is 1. The van der Waals surface area contributed by atoms with Crippen molar-refractivity contribution < 1.29 is 9.53 Å². The first-order valence-corrected chi connectivity index (χ1v) is 4.78. The molecule has 1 heterocycles. The van der Waals surface area contributed by atoms with Crippen LogP contribution in [0.3, 0.4) is 0 Å². The summed E-state index contributed by atoms with van der Waals surface area (Å²) in [6.45, 7) is 6.69. The van der Waals surface area contributed by atoms with E-state index in [1.54, 1.807) is 0 Å². The van der Waals surface area contributed by atoms with Gasteiger partial charge in [0.15, 0.2) is 0 Å². The molecule has 1 fully saturated rings. The molecule has 3 heteroatoms. The zero-order valence-electron chi connectivity index (χ0n) is 8.52. The fourth-order valence-corrected chi connectivity index (χ4v) is 1.33. The van der Waals surface area contributed by atoms with Crippen LogP contribution in [0, 0.1) is 0 Å². The predicted molar refractivity (Wildman–Crippen MR) is 51.2 cm³/mol. The van der Waals surface area contributed by atoms with Gasteiger partial charge in [0.1, 0.15) is 0 Å². The highest BCUT2D eigenvalue weighted by Gasteiger charge is 2.21. The van der Waals surface area contributed by atoms with Crippen LogP contribution in [0.15, 0.2) is 11.3 Å². The Kier molecular flexibility index (Phi) is 3.34. The minimum absolute atomic E-state index is 0.159. The first-order chi connectivity index (χ1) is 6.15. The van der Waals surface area contributed by atoms with E-state index in [2.05, 4.69) is 19.2 Å². The van der Waals surface area contributed by atoms with Crippen molar-refractivity contribution in [3.63, 3.8) is 0 Å². The largest absolute Gasteiger partial charge is 0.462 e. The summed E-state index contributed by atoms with van der Waals surface area (Å²) in [7, 11) is 0. The summed E-state index contributed by atoms with van der Waals surface area (Å²) in [5, 5.41) is 3.28. The summed E-state index contributed by atoms with van der Waals surface area (Å²) in [5.41, 5.74) is 1.78. The fourth-order valence-electron chi connectivity index (χ4n) is 1.33. The van der Waals surface area contributed by atoms with E-state index in [1.807, 2.05) is 6.92 Å². The average Bonchev–Trinajstić information content (AvgIpc) is 2.51. The Morgan fingerprint density at radius 1 is 1.69 bits per heavy atom. The normalized spacial score (nSPS) is 22.5. The summed E-state index contributed by atoms with van der Waals surface area (Å²) in [5.74, 6) is -0.159. The van der Waals surface area contributed by atoms with Gasteiger partial charge < -0.3 is 10.1 Å². The molecule has 1 aliphatic rings. The van der Waals surface area contributed by atoms with Gasteiger partial charge in [-0.25, -0.2) is 4.79 Å². The van der Waals surface area contributed by atoms with Gasteiger partial charge in [0.05, 0.1) is 12.2 Å². The highest BCUT2D eigenvalue weighted by Crippen LogP contribution is 2.16. The first kappa shape index (κ1) is 10.1. The molecular formula is C10H17NO2. The van der Waals surface area contributed by atoms with E-state index in [0.29, 0.717) is 12.6 Å². The molecule has 74 valence electrons. The second-order valence-corrected chi connectivity index (χ2v) is 3.44. The number of rotatable bonds is 3. The molecule has 0 spiro atoms. The molecule has 0 radical (unpaired) electrons. The summed E-state index contributed by atoms with van der Waals surface area (Å²) in [6.07, 6.45) is 1.80. The highest BCUT2D eigenvalue weighted by atomic mass is 16.5. The van der Waals surface area contributed by atoms with Crippen LogP contribution in [0.5, 0.6) is 0 Å². The lowest BCUT2D eigenvalue weighted by molar-refractivity contribution is -0.135. The summed E-state index contributed by atoms with van der Waals surface area (Å²) >= 11 is 0. The molecule has 0 amide bonds. The zero-order chi connectivity index (χ0) is 9.84. The number of carbonyl (C=O) groups excluding carboxylic acids is 1. The molecule has 1 saturated heterocycles. The number of carbonyl (C=O) groups is 1. The van der Waals surface area contributed by atoms with Crippen molar-refractivity contribution in [3.8, 4) is 0 Å². The van der Waals surface area contributed by atoms with Crippen LogP contribution in [0.4, 0.5) is 0 Å². The van der Waals surface area contributed by atoms with E-state index in [0.717, 1.165) is 24.1 Å². The highest BCUT2D eigenvalue weighted by molar-refractivity contribution is 5.90. The minimum atomic E-state index is -0.159. The zero-order valence-corrected chi connectivity index (χ0v) is 8.52. The number of hydrogen-bond donors (Lipinski definition) is 1. The van der Waals surface area contributed by atoms with Crippen molar-refractivity contribution in [2.24, 2.45) is 0 Å². The van der Waals surface area contributed by atoms with Crippen LogP contribution >= 0.6 is 0 Å². The Bertz CT molecular complexity index is 233. The van der Waals surface area contributed by atoms with Crippen molar-refractivity contribution in [1.29, 1.82) is 0 Å². The molecule has 1 unspecified atom stereocenters. The molecule has 1 aliphatic heterocycles. The molecule has 0 aliphatic carbocycles. The van der Waals surface area contributed by atoms with Gasteiger partial charge in [-0.3, -0.25) is 0 Å². The van der Waals surface area contributed by atoms with E-state index >= 15 is 0 Å². The lowest BCUT2D eigenvalue weighted by atomic mass is 10.1. The monoisotopic (exact) mass is 183 g/mol. The maximum atomic E-state index is 11.2. The maximum absolute atomic E-state index is 11.2. The van der Waals surface area contributed by atoms with Crippen LogP contribution in [0.2, 0.25) is 0 Å². The van der Waals surface area contributed by atoms with Crippen molar-refractivity contribution in [2.45, 2.75) is 39.7 Å². The Morgan fingerprint density at radius 2 is 2.38 bits per heavy atom. The SMILES string of the molecule is CCC(C)N/C(C)=C1/CCOC1=O. The average molecular weight is 183 g/mol. The quantitative estimate of drug-likeness (QED) is 0.533. The van der Waals surface area contributed by atoms with E-state index < -0.39 is 0 Å². The molecule has 3 nitrogen and oxygen atoms in total.